The number of anilines is 2. The molecule has 118 valence electrons. The Bertz CT molecular complexity index is 662. The summed E-state index contributed by atoms with van der Waals surface area (Å²) in [6, 6.07) is 3.97. The molecule has 3 N–H and O–H groups in total. The number of nitrogens with two attached hydrogens (primary N) is 1. The Labute approximate surface area is 140 Å². The van der Waals surface area contributed by atoms with Gasteiger partial charge in [-0.15, -0.1) is 23.1 Å². The Balaban J connectivity index is 2.19. The monoisotopic (exact) mass is 334 g/mol. The van der Waals surface area contributed by atoms with Crippen molar-refractivity contribution < 1.29 is 0 Å². The van der Waals surface area contributed by atoms with Gasteiger partial charge in [-0.25, -0.2) is 9.97 Å². The second kappa shape index (κ2) is 6.71. The number of nitrogens with one attached hydrogen (secondary N) is 1. The molecule has 0 aliphatic carbocycles. The molecule has 0 saturated heterocycles. The molecule has 0 aliphatic rings. The number of aromatic nitrogens is 2. The molecular weight excluding hydrogens is 312 g/mol. The molecule has 0 aliphatic heterocycles. The van der Waals surface area contributed by atoms with Gasteiger partial charge < -0.3 is 11.1 Å². The van der Waals surface area contributed by atoms with Crippen LogP contribution in [0.5, 0.6) is 0 Å². The van der Waals surface area contributed by atoms with Gasteiger partial charge in [-0.3, -0.25) is 0 Å². The fourth-order valence-electron chi connectivity index (χ4n) is 1.73. The highest BCUT2D eigenvalue weighted by atomic mass is 32.2. The summed E-state index contributed by atoms with van der Waals surface area (Å²) in [4.78, 5) is 10.0. The Morgan fingerprint density at radius 2 is 2.05 bits per heavy atom. The molecule has 2 rings (SSSR count). The summed E-state index contributed by atoms with van der Waals surface area (Å²) in [5.41, 5.74) is 8.89. The Morgan fingerprint density at radius 1 is 1.32 bits per heavy atom. The van der Waals surface area contributed by atoms with E-state index >= 15 is 0 Å². The van der Waals surface area contributed by atoms with Crippen molar-refractivity contribution in [1.82, 2.24) is 9.97 Å². The van der Waals surface area contributed by atoms with Gasteiger partial charge in [0, 0.05) is 22.0 Å². The highest BCUT2D eigenvalue weighted by Crippen LogP contribution is 2.39. The maximum atomic E-state index is 6.05. The topological polar surface area (TPSA) is 63.8 Å². The largest absolute Gasteiger partial charge is 0.401 e. The molecule has 0 fully saturated rings. The first-order valence-electron chi connectivity index (χ1n) is 7.05. The fourth-order valence-corrected chi connectivity index (χ4v) is 3.49. The smallest absolute Gasteiger partial charge is 0.188 e. The van der Waals surface area contributed by atoms with E-state index in [9.17, 15) is 0 Å². The maximum Gasteiger partial charge on any atom is 0.188 e. The zero-order valence-corrected chi connectivity index (χ0v) is 15.2. The molecule has 0 spiro atoms. The third-order valence-electron chi connectivity index (χ3n) is 2.65. The van der Waals surface area contributed by atoms with Gasteiger partial charge >= 0.3 is 0 Å². The fraction of sp³-hybridized carbons (Fsp3) is 0.375. The van der Waals surface area contributed by atoms with Crippen molar-refractivity contribution in [3.63, 3.8) is 0 Å². The van der Waals surface area contributed by atoms with Crippen molar-refractivity contribution in [1.29, 1.82) is 0 Å². The number of pyridine rings is 1. The van der Waals surface area contributed by atoms with Gasteiger partial charge in [0.15, 0.2) is 5.13 Å². The minimum absolute atomic E-state index is 0.0890. The van der Waals surface area contributed by atoms with Crippen molar-refractivity contribution in [2.45, 2.75) is 39.4 Å². The Kier molecular flexibility index (Phi) is 5.13. The molecule has 0 aromatic carbocycles. The van der Waals surface area contributed by atoms with Crippen LogP contribution < -0.4 is 11.1 Å². The molecule has 0 unspecified atom stereocenters. The van der Waals surface area contributed by atoms with Crippen LogP contribution in [0.3, 0.4) is 0 Å². The summed E-state index contributed by atoms with van der Waals surface area (Å²) >= 11 is 3.30. The van der Waals surface area contributed by atoms with Crippen LogP contribution in [0.1, 0.15) is 39.0 Å². The molecular formula is C16H22N4S2. The third kappa shape index (κ3) is 4.74. The number of allylic oxidation sites excluding steroid dienone is 1. The Morgan fingerprint density at radius 3 is 2.59 bits per heavy atom. The zero-order chi connectivity index (χ0) is 16.3. The van der Waals surface area contributed by atoms with Gasteiger partial charge in [0.1, 0.15) is 5.82 Å². The summed E-state index contributed by atoms with van der Waals surface area (Å²) in [5.74, 6) is 0.796. The van der Waals surface area contributed by atoms with Gasteiger partial charge in [-0.2, -0.15) is 0 Å². The SMILES string of the molecule is C/C(N)=C(/SC(C)(C)C)c1csc(Nc2ccc(C)cn2)n1. The third-order valence-corrected chi connectivity index (χ3v) is 4.75. The van der Waals surface area contributed by atoms with Crippen molar-refractivity contribution in [3.8, 4) is 0 Å². The van der Waals surface area contributed by atoms with Crippen LogP contribution >= 0.6 is 23.1 Å². The molecule has 0 radical (unpaired) electrons. The van der Waals surface area contributed by atoms with E-state index in [1.165, 1.54) is 0 Å². The lowest BCUT2D eigenvalue weighted by molar-refractivity contribution is 0.808. The van der Waals surface area contributed by atoms with E-state index in [-0.39, 0.29) is 4.75 Å². The molecule has 2 heterocycles. The number of rotatable bonds is 4. The molecule has 6 heteroatoms. The number of thioether (sulfide) groups is 1. The Hall–Kier alpha value is -1.53. The number of hydrogen-bond acceptors (Lipinski definition) is 6. The van der Waals surface area contributed by atoms with Gasteiger partial charge in [-0.05, 0) is 25.5 Å². The highest BCUT2D eigenvalue weighted by Gasteiger charge is 2.19. The van der Waals surface area contributed by atoms with Crippen molar-refractivity contribution in [2.24, 2.45) is 5.73 Å². The quantitative estimate of drug-likeness (QED) is 0.843. The second-order valence-electron chi connectivity index (χ2n) is 6.11. The van der Waals surface area contributed by atoms with E-state index < -0.39 is 0 Å². The minimum Gasteiger partial charge on any atom is -0.401 e. The van der Waals surface area contributed by atoms with E-state index in [2.05, 4.69) is 36.1 Å². The highest BCUT2D eigenvalue weighted by molar-refractivity contribution is 8.09. The van der Waals surface area contributed by atoms with Crippen LogP contribution in [0.25, 0.3) is 4.91 Å². The average Bonchev–Trinajstić information content (AvgIpc) is 2.86. The van der Waals surface area contributed by atoms with Gasteiger partial charge in [-0.1, -0.05) is 26.8 Å². The molecule has 2 aromatic heterocycles. The van der Waals surface area contributed by atoms with Crippen LogP contribution in [0, 0.1) is 6.92 Å². The van der Waals surface area contributed by atoms with Crippen molar-refractivity contribution in [3.05, 3.63) is 40.7 Å². The first-order valence-corrected chi connectivity index (χ1v) is 8.75. The van der Waals surface area contributed by atoms with Crippen LogP contribution in [-0.2, 0) is 0 Å². The number of nitrogens with zero attached hydrogens (tertiary/aromatic N) is 2. The van der Waals surface area contributed by atoms with Crippen LogP contribution in [0.2, 0.25) is 0 Å². The summed E-state index contributed by atoms with van der Waals surface area (Å²) < 4.78 is 0.0890. The first-order chi connectivity index (χ1) is 10.2. The van der Waals surface area contributed by atoms with Crippen molar-refractivity contribution in [2.75, 3.05) is 5.32 Å². The van der Waals surface area contributed by atoms with E-state index in [4.69, 9.17) is 5.73 Å². The van der Waals surface area contributed by atoms with E-state index in [0.29, 0.717) is 0 Å². The maximum absolute atomic E-state index is 6.05. The molecule has 2 aromatic rings. The number of aryl methyl sites for hydroxylation is 1. The normalized spacial score (nSPS) is 13.0. The van der Waals surface area contributed by atoms with Gasteiger partial charge in [0.25, 0.3) is 0 Å². The number of thiazole rings is 1. The van der Waals surface area contributed by atoms with E-state index in [0.717, 1.165) is 32.8 Å². The first kappa shape index (κ1) is 16.8. The summed E-state index contributed by atoms with van der Waals surface area (Å²) in [5, 5.41) is 6.08. The van der Waals surface area contributed by atoms with Crippen LogP contribution in [0.15, 0.2) is 29.4 Å². The second-order valence-corrected chi connectivity index (χ2v) is 8.81. The summed E-state index contributed by atoms with van der Waals surface area (Å²) in [6.45, 7) is 10.4. The molecule has 0 bridgehead atoms. The van der Waals surface area contributed by atoms with E-state index in [1.807, 2.05) is 37.6 Å². The van der Waals surface area contributed by atoms with Crippen molar-refractivity contribution >= 4 is 39.0 Å². The average molecular weight is 335 g/mol. The summed E-state index contributed by atoms with van der Waals surface area (Å²) in [7, 11) is 0. The van der Waals surface area contributed by atoms with E-state index in [1.54, 1.807) is 23.1 Å². The molecule has 4 nitrogen and oxygen atoms in total. The lowest BCUT2D eigenvalue weighted by Gasteiger charge is -2.19. The predicted molar refractivity (Wildman–Crippen MR) is 98.5 cm³/mol. The molecule has 0 saturated carbocycles. The minimum atomic E-state index is 0.0890. The van der Waals surface area contributed by atoms with Gasteiger partial charge in [0.05, 0.1) is 10.6 Å². The standard InChI is InChI=1S/C16H22N4S2/c1-10-6-7-13(18-8-10)20-15-19-12(9-21-15)14(11(2)17)22-16(3,4)5/h6-9H,17H2,1-5H3,(H,18,19,20)/b14-11-. The lowest BCUT2D eigenvalue weighted by Crippen LogP contribution is -2.09. The zero-order valence-electron chi connectivity index (χ0n) is 13.6. The summed E-state index contributed by atoms with van der Waals surface area (Å²) in [6.07, 6.45) is 1.83. The molecule has 22 heavy (non-hydrogen) atoms. The van der Waals surface area contributed by atoms with Crippen LogP contribution in [-0.4, -0.2) is 14.7 Å². The predicted octanol–water partition coefficient (Wildman–Crippen LogP) is 4.77. The number of hydrogen-bond donors (Lipinski definition) is 2. The van der Waals surface area contributed by atoms with Gasteiger partial charge in [0.2, 0.25) is 0 Å². The molecule has 0 amide bonds. The molecule has 0 atom stereocenters. The van der Waals surface area contributed by atoms with Crippen LogP contribution in [0.4, 0.5) is 10.9 Å². The lowest BCUT2D eigenvalue weighted by atomic mass is 10.3.